The van der Waals surface area contributed by atoms with E-state index in [-0.39, 0.29) is 17.6 Å². The van der Waals surface area contributed by atoms with Crippen LogP contribution in [0.25, 0.3) is 22.2 Å². The molecule has 7 nitrogen and oxygen atoms in total. The quantitative estimate of drug-likeness (QED) is 0.268. The monoisotopic (exact) mass is 635 g/mol. The summed E-state index contributed by atoms with van der Waals surface area (Å²) < 4.78 is 57.4. The molecule has 0 saturated carbocycles. The van der Waals surface area contributed by atoms with E-state index >= 15 is 0 Å². The van der Waals surface area contributed by atoms with Gasteiger partial charge in [-0.2, -0.15) is 13.2 Å². The molecule has 3 aromatic rings. The molecule has 2 heterocycles. The predicted molar refractivity (Wildman–Crippen MR) is 177 cm³/mol. The van der Waals surface area contributed by atoms with Crippen molar-refractivity contribution in [3.05, 3.63) is 47.5 Å². The standard InChI is InChI=1S/C31H40F3N3O4.2C2H6/c1-30(2,3)41-29(38)36(4)15-16-37-13-11-20(12-14-37)21-7-9-25-23(17-21)24(19-31(32,33)34)28(35-25)22-8-10-26(39-5)27(18-22)40-6;2*1-2/h7-10,17-18,20,35H,11-16,19H2,1-6H3;2*1-2H3. The Hall–Kier alpha value is -3.40. The Morgan fingerprint density at radius 3 is 2.13 bits per heavy atom. The van der Waals surface area contributed by atoms with Crippen molar-refractivity contribution < 1.29 is 32.2 Å². The number of carbonyl (C=O) groups is 1. The van der Waals surface area contributed by atoms with Gasteiger partial charge in [0, 0.05) is 36.6 Å². The Morgan fingerprint density at radius 1 is 0.956 bits per heavy atom. The number of likely N-dealkylation sites (N-methyl/N-ethyl adjacent to an activating group) is 1. The van der Waals surface area contributed by atoms with Crippen LogP contribution >= 0.6 is 0 Å². The highest BCUT2D eigenvalue weighted by atomic mass is 19.4. The fourth-order valence-electron chi connectivity index (χ4n) is 5.35. The number of ether oxygens (including phenoxy) is 3. The van der Waals surface area contributed by atoms with Gasteiger partial charge < -0.3 is 29.0 Å². The maximum atomic E-state index is 13.8. The highest BCUT2D eigenvalue weighted by Gasteiger charge is 2.32. The second-order valence-electron chi connectivity index (χ2n) is 11.7. The molecule has 45 heavy (non-hydrogen) atoms. The molecule has 1 aromatic heterocycles. The number of halogens is 3. The second kappa shape index (κ2) is 16.8. The predicted octanol–water partition coefficient (Wildman–Crippen LogP) is 9.06. The summed E-state index contributed by atoms with van der Waals surface area (Å²) in [6.45, 7) is 16.5. The minimum Gasteiger partial charge on any atom is -0.493 e. The number of H-pyrrole nitrogens is 1. The van der Waals surface area contributed by atoms with Crippen LogP contribution in [0.4, 0.5) is 18.0 Å². The Bertz CT molecular complexity index is 1360. The van der Waals surface area contributed by atoms with Gasteiger partial charge in [-0.15, -0.1) is 0 Å². The molecule has 0 radical (unpaired) electrons. The lowest BCUT2D eigenvalue weighted by Crippen LogP contribution is -2.41. The first kappa shape index (κ1) is 37.8. The van der Waals surface area contributed by atoms with E-state index in [9.17, 15) is 18.0 Å². The number of aromatic amines is 1. The van der Waals surface area contributed by atoms with Gasteiger partial charge in [-0.3, -0.25) is 0 Å². The first-order valence-corrected chi connectivity index (χ1v) is 15.9. The van der Waals surface area contributed by atoms with Gasteiger partial charge in [0.2, 0.25) is 0 Å². The number of nitrogens with zero attached hydrogens (tertiary/aromatic N) is 2. The van der Waals surface area contributed by atoms with Crippen molar-refractivity contribution in [3.8, 4) is 22.8 Å². The van der Waals surface area contributed by atoms with Gasteiger partial charge in [0.15, 0.2) is 11.5 Å². The van der Waals surface area contributed by atoms with Crippen molar-refractivity contribution in [2.75, 3.05) is 47.4 Å². The summed E-state index contributed by atoms with van der Waals surface area (Å²) in [6.07, 6.45) is -3.96. The number of likely N-dealkylation sites (tertiary alicyclic amines) is 1. The summed E-state index contributed by atoms with van der Waals surface area (Å²) in [6, 6.07) is 11.0. The van der Waals surface area contributed by atoms with E-state index in [1.54, 1.807) is 30.1 Å². The molecule has 1 fully saturated rings. The summed E-state index contributed by atoms with van der Waals surface area (Å²) in [4.78, 5) is 19.4. The Morgan fingerprint density at radius 2 is 1.58 bits per heavy atom. The maximum absolute atomic E-state index is 13.8. The highest BCUT2D eigenvalue weighted by molar-refractivity contribution is 5.91. The molecule has 0 atom stereocenters. The topological polar surface area (TPSA) is 67.0 Å². The number of hydrogen-bond acceptors (Lipinski definition) is 5. The summed E-state index contributed by atoms with van der Waals surface area (Å²) in [5.74, 6) is 1.21. The number of hydrogen-bond donors (Lipinski definition) is 1. The van der Waals surface area contributed by atoms with Gasteiger partial charge in [0.1, 0.15) is 5.60 Å². The summed E-state index contributed by atoms with van der Waals surface area (Å²) in [7, 11) is 4.76. The lowest BCUT2D eigenvalue weighted by atomic mass is 9.88. The number of methoxy groups -OCH3 is 2. The average molecular weight is 636 g/mol. The molecule has 252 valence electrons. The molecular formula is C35H52F3N3O4. The average Bonchev–Trinajstić information content (AvgIpc) is 3.36. The third-order valence-electron chi connectivity index (χ3n) is 7.50. The smallest absolute Gasteiger partial charge is 0.410 e. The van der Waals surface area contributed by atoms with E-state index in [0.717, 1.165) is 38.0 Å². The van der Waals surface area contributed by atoms with Crippen LogP contribution in [0, 0.1) is 0 Å². The molecule has 1 aliphatic heterocycles. The van der Waals surface area contributed by atoms with E-state index in [4.69, 9.17) is 14.2 Å². The molecular weight excluding hydrogens is 583 g/mol. The fraction of sp³-hybridized carbons (Fsp3) is 0.571. The van der Waals surface area contributed by atoms with E-state index in [1.165, 1.54) is 14.2 Å². The summed E-state index contributed by atoms with van der Waals surface area (Å²) in [5.41, 5.74) is 2.43. The number of rotatable bonds is 8. The largest absolute Gasteiger partial charge is 0.493 e. The van der Waals surface area contributed by atoms with Gasteiger partial charge in [0.05, 0.1) is 26.3 Å². The fourth-order valence-corrected chi connectivity index (χ4v) is 5.35. The highest BCUT2D eigenvalue weighted by Crippen LogP contribution is 2.40. The number of aromatic nitrogens is 1. The van der Waals surface area contributed by atoms with Gasteiger partial charge in [-0.1, -0.05) is 33.8 Å². The van der Waals surface area contributed by atoms with Crippen LogP contribution in [0.2, 0.25) is 0 Å². The SMILES string of the molecule is CC.CC.COc1ccc(-c2[nH]c3ccc(C4CCN(CCN(C)C(=O)OC(C)(C)C)CC4)cc3c2CC(F)(F)F)cc1OC. The van der Waals surface area contributed by atoms with Gasteiger partial charge in [0.25, 0.3) is 0 Å². The zero-order chi connectivity index (χ0) is 33.9. The molecule has 1 saturated heterocycles. The molecule has 0 unspecified atom stereocenters. The Kier molecular flexibility index (Phi) is 14.1. The van der Waals surface area contributed by atoms with Crippen molar-refractivity contribution in [3.63, 3.8) is 0 Å². The molecule has 1 N–H and O–H groups in total. The zero-order valence-corrected chi connectivity index (χ0v) is 28.7. The number of benzene rings is 2. The molecule has 0 bridgehead atoms. The van der Waals surface area contributed by atoms with Crippen LogP contribution in [0.15, 0.2) is 36.4 Å². The number of fused-ring (bicyclic) bond motifs is 1. The number of nitrogens with one attached hydrogen (secondary N) is 1. The normalized spacial score (nSPS) is 14.2. The van der Waals surface area contributed by atoms with E-state index in [0.29, 0.717) is 40.2 Å². The minimum absolute atomic E-state index is 0.226. The van der Waals surface area contributed by atoms with Crippen molar-refractivity contribution in [1.82, 2.24) is 14.8 Å². The van der Waals surface area contributed by atoms with E-state index in [2.05, 4.69) is 9.88 Å². The van der Waals surface area contributed by atoms with Crippen molar-refractivity contribution in [2.45, 2.75) is 85.4 Å². The summed E-state index contributed by atoms with van der Waals surface area (Å²) >= 11 is 0. The van der Waals surface area contributed by atoms with Crippen LogP contribution in [0.3, 0.4) is 0 Å². The van der Waals surface area contributed by atoms with Crippen molar-refractivity contribution >= 4 is 17.0 Å². The van der Waals surface area contributed by atoms with Crippen LogP contribution in [0.5, 0.6) is 11.5 Å². The molecule has 2 aromatic carbocycles. The van der Waals surface area contributed by atoms with Crippen LogP contribution in [-0.4, -0.2) is 80.1 Å². The Labute approximate surface area is 267 Å². The van der Waals surface area contributed by atoms with Crippen molar-refractivity contribution in [2.24, 2.45) is 0 Å². The van der Waals surface area contributed by atoms with Crippen LogP contribution < -0.4 is 9.47 Å². The van der Waals surface area contributed by atoms with E-state index < -0.39 is 18.2 Å². The van der Waals surface area contributed by atoms with E-state index in [1.807, 2.05) is 66.7 Å². The van der Waals surface area contributed by atoms with Gasteiger partial charge in [-0.05, 0) is 94.1 Å². The van der Waals surface area contributed by atoms with Gasteiger partial charge in [-0.25, -0.2) is 4.79 Å². The first-order valence-electron chi connectivity index (χ1n) is 15.9. The maximum Gasteiger partial charge on any atom is 0.410 e. The number of alkyl halides is 3. The van der Waals surface area contributed by atoms with Crippen LogP contribution in [-0.2, 0) is 11.2 Å². The van der Waals surface area contributed by atoms with Crippen LogP contribution in [0.1, 0.15) is 78.4 Å². The van der Waals surface area contributed by atoms with Gasteiger partial charge >= 0.3 is 12.3 Å². The molecule has 0 spiro atoms. The zero-order valence-electron chi connectivity index (χ0n) is 28.7. The third-order valence-corrected chi connectivity index (χ3v) is 7.50. The molecule has 4 rings (SSSR count). The molecule has 10 heteroatoms. The van der Waals surface area contributed by atoms with Crippen molar-refractivity contribution in [1.29, 1.82) is 0 Å². The lowest BCUT2D eigenvalue weighted by molar-refractivity contribution is -0.126. The number of piperidine rings is 1. The molecule has 1 aliphatic rings. The second-order valence-corrected chi connectivity index (χ2v) is 11.7. The lowest BCUT2D eigenvalue weighted by Gasteiger charge is -2.33. The number of carbonyl (C=O) groups excluding carboxylic acids is 1. The third kappa shape index (κ3) is 10.6. The number of amides is 1. The minimum atomic E-state index is -4.37. The Balaban J connectivity index is 0.00000169. The molecule has 1 amide bonds. The summed E-state index contributed by atoms with van der Waals surface area (Å²) in [5, 5.41) is 0.589. The molecule has 0 aliphatic carbocycles. The first-order chi connectivity index (χ1) is 21.3.